The summed E-state index contributed by atoms with van der Waals surface area (Å²) >= 11 is 0. The van der Waals surface area contributed by atoms with E-state index in [1.807, 2.05) is 0 Å². The minimum Gasteiger partial charge on any atom is -0.507 e. The highest BCUT2D eigenvalue weighted by atomic mass is 16.5. The van der Waals surface area contributed by atoms with Crippen molar-refractivity contribution in [3.8, 4) is 5.75 Å². The first-order chi connectivity index (χ1) is 8.60. The van der Waals surface area contributed by atoms with Crippen molar-refractivity contribution in [1.29, 1.82) is 0 Å². The van der Waals surface area contributed by atoms with Gasteiger partial charge in [0.15, 0.2) is 0 Å². The van der Waals surface area contributed by atoms with Crippen molar-refractivity contribution in [1.82, 2.24) is 0 Å². The van der Waals surface area contributed by atoms with Crippen LogP contribution in [0.1, 0.15) is 24.2 Å². The number of esters is 1. The van der Waals surface area contributed by atoms with Crippen molar-refractivity contribution >= 4 is 17.7 Å². The van der Waals surface area contributed by atoms with Gasteiger partial charge in [-0.1, -0.05) is 6.07 Å². The van der Waals surface area contributed by atoms with Gasteiger partial charge in [0, 0.05) is 0 Å². The Morgan fingerprint density at radius 3 is 2.50 bits per heavy atom. The van der Waals surface area contributed by atoms with Crippen LogP contribution >= 0.6 is 0 Å². The first-order valence-corrected chi connectivity index (χ1v) is 5.53. The Balaban J connectivity index is 3.00. The first kappa shape index (κ1) is 13.8. The fraction of sp³-hybridized carbons (Fsp3) is 0.333. The lowest BCUT2D eigenvalue weighted by Crippen LogP contribution is -2.17. The Morgan fingerprint density at radius 1 is 1.22 bits per heavy atom. The van der Waals surface area contributed by atoms with Crippen molar-refractivity contribution in [3.63, 3.8) is 0 Å². The molecule has 0 bridgehead atoms. The maximum Gasteiger partial charge on any atom is 0.411 e. The van der Waals surface area contributed by atoms with Crippen LogP contribution in [-0.4, -0.2) is 30.4 Å². The summed E-state index contributed by atoms with van der Waals surface area (Å²) in [7, 11) is 0. The van der Waals surface area contributed by atoms with Crippen molar-refractivity contribution in [3.05, 3.63) is 23.8 Å². The van der Waals surface area contributed by atoms with Crippen LogP contribution in [0.2, 0.25) is 0 Å². The molecule has 0 unspecified atom stereocenters. The molecule has 0 radical (unpaired) electrons. The molecule has 0 aliphatic heterocycles. The average molecular weight is 253 g/mol. The van der Waals surface area contributed by atoms with Crippen LogP contribution in [0.5, 0.6) is 5.75 Å². The zero-order valence-electron chi connectivity index (χ0n) is 10.2. The number of aromatic hydroxyl groups is 1. The van der Waals surface area contributed by atoms with E-state index in [1.165, 1.54) is 18.2 Å². The smallest absolute Gasteiger partial charge is 0.411 e. The number of ether oxygens (including phenoxy) is 2. The summed E-state index contributed by atoms with van der Waals surface area (Å²) in [4.78, 5) is 22.9. The predicted molar refractivity (Wildman–Crippen MR) is 64.7 cm³/mol. The molecule has 0 saturated heterocycles. The molecule has 1 aromatic carbocycles. The van der Waals surface area contributed by atoms with Crippen LogP contribution in [0.15, 0.2) is 18.2 Å². The van der Waals surface area contributed by atoms with Gasteiger partial charge in [0.25, 0.3) is 0 Å². The van der Waals surface area contributed by atoms with Crippen LogP contribution in [0.3, 0.4) is 0 Å². The summed E-state index contributed by atoms with van der Waals surface area (Å²) in [5.41, 5.74) is 0.0549. The molecular formula is C12H15NO5. The Morgan fingerprint density at radius 2 is 1.89 bits per heavy atom. The number of phenols is 1. The van der Waals surface area contributed by atoms with Crippen LogP contribution < -0.4 is 5.32 Å². The second-order valence-corrected chi connectivity index (χ2v) is 3.27. The van der Waals surface area contributed by atoms with Crippen LogP contribution in [0.4, 0.5) is 10.5 Å². The average Bonchev–Trinajstić information content (AvgIpc) is 2.29. The minimum atomic E-state index is -0.706. The Kier molecular flexibility index (Phi) is 4.98. The van der Waals surface area contributed by atoms with E-state index in [9.17, 15) is 14.7 Å². The lowest BCUT2D eigenvalue weighted by molar-refractivity contribution is 0.0524. The van der Waals surface area contributed by atoms with E-state index < -0.39 is 12.1 Å². The maximum atomic E-state index is 11.7. The molecule has 0 fully saturated rings. The van der Waals surface area contributed by atoms with Crippen LogP contribution in [0.25, 0.3) is 0 Å². The summed E-state index contributed by atoms with van der Waals surface area (Å²) in [6.07, 6.45) is -0.700. The fourth-order valence-electron chi connectivity index (χ4n) is 1.34. The Bertz CT molecular complexity index is 444. The second kappa shape index (κ2) is 6.48. The Hall–Kier alpha value is -2.24. The topological polar surface area (TPSA) is 84.9 Å². The SMILES string of the molecule is CCOC(=O)Nc1cccc(O)c1C(=O)OCC. The third-order valence-electron chi connectivity index (χ3n) is 2.03. The van der Waals surface area contributed by atoms with Gasteiger partial charge in [0.1, 0.15) is 11.3 Å². The molecule has 2 N–H and O–H groups in total. The van der Waals surface area contributed by atoms with Gasteiger partial charge < -0.3 is 14.6 Å². The molecule has 18 heavy (non-hydrogen) atoms. The third-order valence-corrected chi connectivity index (χ3v) is 2.03. The number of nitrogens with one attached hydrogen (secondary N) is 1. The summed E-state index contributed by atoms with van der Waals surface area (Å²) in [5.74, 6) is -0.967. The first-order valence-electron chi connectivity index (χ1n) is 5.53. The molecule has 0 heterocycles. The third kappa shape index (κ3) is 3.38. The maximum absolute atomic E-state index is 11.7. The van der Waals surface area contributed by atoms with Gasteiger partial charge in [-0.15, -0.1) is 0 Å². The lowest BCUT2D eigenvalue weighted by atomic mass is 10.1. The van der Waals surface area contributed by atoms with Gasteiger partial charge in [0.05, 0.1) is 18.9 Å². The van der Waals surface area contributed by atoms with Gasteiger partial charge >= 0.3 is 12.1 Å². The molecule has 0 saturated carbocycles. The van der Waals surface area contributed by atoms with E-state index in [-0.39, 0.29) is 30.2 Å². The molecule has 0 spiro atoms. The molecule has 6 heteroatoms. The van der Waals surface area contributed by atoms with E-state index in [1.54, 1.807) is 13.8 Å². The molecule has 0 aliphatic rings. The molecule has 1 rings (SSSR count). The standard InChI is InChI=1S/C12H15NO5/c1-3-17-11(15)10-8(6-5-7-9(10)14)13-12(16)18-4-2/h5-7,14H,3-4H2,1-2H3,(H,13,16). The van der Waals surface area contributed by atoms with Crippen molar-refractivity contribution < 1.29 is 24.2 Å². The van der Waals surface area contributed by atoms with Crippen molar-refractivity contribution in [2.45, 2.75) is 13.8 Å². The van der Waals surface area contributed by atoms with Crippen LogP contribution in [-0.2, 0) is 9.47 Å². The fourth-order valence-corrected chi connectivity index (χ4v) is 1.34. The van der Waals surface area contributed by atoms with E-state index in [0.29, 0.717) is 0 Å². The number of carbonyl (C=O) groups excluding carboxylic acids is 2. The number of anilines is 1. The summed E-state index contributed by atoms with van der Waals surface area (Å²) in [6, 6.07) is 4.31. The molecule has 98 valence electrons. The number of rotatable bonds is 4. The number of carbonyl (C=O) groups is 2. The monoisotopic (exact) mass is 253 g/mol. The van der Waals surface area contributed by atoms with E-state index >= 15 is 0 Å². The largest absolute Gasteiger partial charge is 0.507 e. The van der Waals surface area contributed by atoms with E-state index in [4.69, 9.17) is 9.47 Å². The number of amides is 1. The molecule has 0 aromatic heterocycles. The van der Waals surface area contributed by atoms with Gasteiger partial charge in [0.2, 0.25) is 0 Å². The van der Waals surface area contributed by atoms with Gasteiger partial charge in [-0.2, -0.15) is 0 Å². The van der Waals surface area contributed by atoms with Crippen molar-refractivity contribution in [2.24, 2.45) is 0 Å². The number of hydrogen-bond acceptors (Lipinski definition) is 5. The summed E-state index contributed by atoms with van der Waals surface area (Å²) in [6.45, 7) is 3.69. The van der Waals surface area contributed by atoms with E-state index in [0.717, 1.165) is 0 Å². The summed E-state index contributed by atoms with van der Waals surface area (Å²) in [5, 5.41) is 12.0. The lowest BCUT2D eigenvalue weighted by Gasteiger charge is -2.11. The van der Waals surface area contributed by atoms with Gasteiger partial charge in [-0.25, -0.2) is 9.59 Å². The molecule has 1 aromatic rings. The zero-order chi connectivity index (χ0) is 13.5. The highest BCUT2D eigenvalue weighted by molar-refractivity contribution is 6.02. The van der Waals surface area contributed by atoms with E-state index in [2.05, 4.69) is 5.32 Å². The number of phenolic OH excluding ortho intramolecular Hbond substituents is 1. The minimum absolute atomic E-state index is 0.0904. The van der Waals surface area contributed by atoms with Gasteiger partial charge in [-0.3, -0.25) is 5.32 Å². The summed E-state index contributed by atoms with van der Waals surface area (Å²) < 4.78 is 9.50. The molecule has 6 nitrogen and oxygen atoms in total. The molecular weight excluding hydrogens is 238 g/mol. The number of benzene rings is 1. The van der Waals surface area contributed by atoms with Crippen molar-refractivity contribution in [2.75, 3.05) is 18.5 Å². The highest BCUT2D eigenvalue weighted by Crippen LogP contribution is 2.26. The normalized spacial score (nSPS) is 9.67. The molecule has 0 aliphatic carbocycles. The van der Waals surface area contributed by atoms with Gasteiger partial charge in [-0.05, 0) is 26.0 Å². The second-order valence-electron chi connectivity index (χ2n) is 3.27. The number of hydrogen-bond donors (Lipinski definition) is 2. The molecule has 0 atom stereocenters. The van der Waals surface area contributed by atoms with Crippen LogP contribution in [0, 0.1) is 0 Å². The molecule has 1 amide bonds. The zero-order valence-corrected chi connectivity index (χ0v) is 10.2. The highest BCUT2D eigenvalue weighted by Gasteiger charge is 2.19. The predicted octanol–water partition coefficient (Wildman–Crippen LogP) is 2.14. The Labute approximate surface area is 105 Å². The quantitative estimate of drug-likeness (QED) is 0.803.